The monoisotopic (exact) mass is 436 g/mol. The summed E-state index contributed by atoms with van der Waals surface area (Å²) in [5, 5.41) is 12.4. The quantitative estimate of drug-likeness (QED) is 0.386. The van der Waals surface area contributed by atoms with Crippen LogP contribution in [0, 0.1) is 17.1 Å². The van der Waals surface area contributed by atoms with E-state index in [0.29, 0.717) is 33.3 Å². The largest absolute Gasteiger partial charge is 0.493 e. The minimum atomic E-state index is -0.582. The van der Waals surface area contributed by atoms with Crippen molar-refractivity contribution in [3.8, 4) is 17.6 Å². The van der Waals surface area contributed by atoms with Crippen LogP contribution in [0.3, 0.4) is 0 Å². The topological polar surface area (TPSA) is 71.3 Å². The highest BCUT2D eigenvalue weighted by atomic mass is 35.5. The van der Waals surface area contributed by atoms with Crippen LogP contribution in [0.2, 0.25) is 5.02 Å². The number of anilines is 1. The van der Waals surface area contributed by atoms with E-state index in [-0.39, 0.29) is 18.0 Å². The number of methoxy groups -OCH3 is 1. The number of hydrogen-bond donors (Lipinski definition) is 1. The molecular weight excluding hydrogens is 419 g/mol. The summed E-state index contributed by atoms with van der Waals surface area (Å²) in [7, 11) is 1.48. The highest BCUT2D eigenvalue weighted by molar-refractivity contribution is 6.34. The highest BCUT2D eigenvalue weighted by Crippen LogP contribution is 2.30. The Morgan fingerprint density at radius 3 is 2.65 bits per heavy atom. The molecular formula is C24H18ClFN2O3. The Labute approximate surface area is 184 Å². The molecule has 0 aliphatic rings. The molecule has 0 bridgehead atoms. The molecule has 7 heteroatoms. The van der Waals surface area contributed by atoms with Gasteiger partial charge in [-0.05, 0) is 53.6 Å². The lowest BCUT2D eigenvalue weighted by Gasteiger charge is -2.12. The first kappa shape index (κ1) is 21.9. The van der Waals surface area contributed by atoms with Crippen LogP contribution in [0.4, 0.5) is 10.1 Å². The number of halogens is 2. The Bertz CT molecular complexity index is 1170. The number of hydrogen-bond acceptors (Lipinski definition) is 4. The molecule has 31 heavy (non-hydrogen) atoms. The summed E-state index contributed by atoms with van der Waals surface area (Å²) < 4.78 is 24.4. The van der Waals surface area contributed by atoms with Crippen molar-refractivity contribution in [1.29, 1.82) is 5.26 Å². The fourth-order valence-electron chi connectivity index (χ4n) is 2.75. The molecule has 0 fully saturated rings. The van der Waals surface area contributed by atoms with E-state index in [4.69, 9.17) is 21.1 Å². The number of para-hydroxylation sites is 1. The van der Waals surface area contributed by atoms with Gasteiger partial charge in [0, 0.05) is 0 Å². The van der Waals surface area contributed by atoms with Crippen molar-refractivity contribution in [3.05, 3.63) is 94.3 Å². The molecule has 3 aromatic carbocycles. The van der Waals surface area contributed by atoms with E-state index in [1.165, 1.54) is 25.3 Å². The van der Waals surface area contributed by atoms with Gasteiger partial charge in [-0.25, -0.2) is 4.39 Å². The van der Waals surface area contributed by atoms with Crippen LogP contribution in [-0.4, -0.2) is 13.0 Å². The Morgan fingerprint density at radius 1 is 1.13 bits per heavy atom. The maximum Gasteiger partial charge on any atom is 0.266 e. The number of nitrogens with one attached hydrogen (secondary N) is 1. The van der Waals surface area contributed by atoms with Crippen LogP contribution in [-0.2, 0) is 11.4 Å². The predicted molar refractivity (Wildman–Crippen MR) is 117 cm³/mol. The SMILES string of the molecule is COc1cc(/C=C(\C#N)C(=O)Nc2ccccc2Cl)ccc1OCc1cccc(F)c1. The second-order valence-corrected chi connectivity index (χ2v) is 6.84. The molecule has 0 atom stereocenters. The number of benzene rings is 3. The summed E-state index contributed by atoms with van der Waals surface area (Å²) in [4.78, 5) is 12.5. The number of rotatable bonds is 7. The van der Waals surface area contributed by atoms with E-state index < -0.39 is 5.91 Å². The first-order chi connectivity index (χ1) is 15.0. The third-order valence-corrected chi connectivity index (χ3v) is 4.60. The number of amides is 1. The molecule has 5 nitrogen and oxygen atoms in total. The molecule has 156 valence electrons. The van der Waals surface area contributed by atoms with Gasteiger partial charge in [0.15, 0.2) is 11.5 Å². The van der Waals surface area contributed by atoms with Gasteiger partial charge >= 0.3 is 0 Å². The van der Waals surface area contributed by atoms with Gasteiger partial charge in [-0.15, -0.1) is 0 Å². The Balaban J connectivity index is 1.76. The van der Waals surface area contributed by atoms with Crippen LogP contribution in [0.1, 0.15) is 11.1 Å². The van der Waals surface area contributed by atoms with Crippen molar-refractivity contribution in [2.45, 2.75) is 6.61 Å². The average molecular weight is 437 g/mol. The number of nitrogens with zero attached hydrogens (tertiary/aromatic N) is 1. The summed E-state index contributed by atoms with van der Waals surface area (Å²) in [6.45, 7) is 0.160. The summed E-state index contributed by atoms with van der Waals surface area (Å²) in [5.41, 5.74) is 1.55. The molecule has 0 unspecified atom stereocenters. The van der Waals surface area contributed by atoms with Crippen molar-refractivity contribution in [3.63, 3.8) is 0 Å². The fourth-order valence-corrected chi connectivity index (χ4v) is 2.93. The van der Waals surface area contributed by atoms with E-state index >= 15 is 0 Å². The van der Waals surface area contributed by atoms with E-state index in [0.717, 1.165) is 0 Å². The first-order valence-corrected chi connectivity index (χ1v) is 9.61. The Kier molecular flexibility index (Phi) is 7.26. The van der Waals surface area contributed by atoms with Gasteiger partial charge in [-0.2, -0.15) is 5.26 Å². The maximum atomic E-state index is 13.3. The molecule has 0 aliphatic heterocycles. The lowest BCUT2D eigenvalue weighted by atomic mass is 10.1. The zero-order valence-electron chi connectivity index (χ0n) is 16.6. The molecule has 3 rings (SSSR count). The van der Waals surface area contributed by atoms with Gasteiger partial charge < -0.3 is 14.8 Å². The predicted octanol–water partition coefficient (Wildman–Crippen LogP) is 5.61. The summed E-state index contributed by atoms with van der Waals surface area (Å²) >= 11 is 6.05. The molecule has 0 radical (unpaired) electrons. The zero-order chi connectivity index (χ0) is 22.2. The molecule has 0 heterocycles. The van der Waals surface area contributed by atoms with Crippen LogP contribution in [0.5, 0.6) is 11.5 Å². The molecule has 0 saturated carbocycles. The van der Waals surface area contributed by atoms with E-state index in [1.54, 1.807) is 54.6 Å². The van der Waals surface area contributed by atoms with Gasteiger partial charge in [-0.1, -0.05) is 41.9 Å². The van der Waals surface area contributed by atoms with Gasteiger partial charge in [0.25, 0.3) is 5.91 Å². The van der Waals surface area contributed by atoms with Gasteiger partial charge in [-0.3, -0.25) is 4.79 Å². The van der Waals surface area contributed by atoms with Crippen LogP contribution < -0.4 is 14.8 Å². The first-order valence-electron chi connectivity index (χ1n) is 9.23. The van der Waals surface area contributed by atoms with Gasteiger partial charge in [0.05, 0.1) is 17.8 Å². The molecule has 0 spiro atoms. The smallest absolute Gasteiger partial charge is 0.266 e. The van der Waals surface area contributed by atoms with Crippen molar-refractivity contribution in [2.24, 2.45) is 0 Å². The minimum Gasteiger partial charge on any atom is -0.493 e. The second-order valence-electron chi connectivity index (χ2n) is 6.43. The van der Waals surface area contributed by atoms with Crippen LogP contribution >= 0.6 is 11.6 Å². The summed E-state index contributed by atoms with van der Waals surface area (Å²) in [6.07, 6.45) is 1.44. The molecule has 0 saturated heterocycles. The second kappa shape index (κ2) is 10.3. The van der Waals surface area contributed by atoms with Gasteiger partial charge in [0.2, 0.25) is 0 Å². The highest BCUT2D eigenvalue weighted by Gasteiger charge is 2.12. The molecule has 1 amide bonds. The molecule has 3 aromatic rings. The lowest BCUT2D eigenvalue weighted by Crippen LogP contribution is -2.13. The Hall–Kier alpha value is -3.82. The van der Waals surface area contributed by atoms with Crippen molar-refractivity contribution in [1.82, 2.24) is 0 Å². The average Bonchev–Trinajstić information content (AvgIpc) is 2.77. The van der Waals surface area contributed by atoms with Crippen LogP contribution in [0.15, 0.2) is 72.3 Å². The summed E-state index contributed by atoms with van der Waals surface area (Å²) in [5.74, 6) is -0.0643. The lowest BCUT2D eigenvalue weighted by molar-refractivity contribution is -0.112. The molecule has 0 aromatic heterocycles. The number of carbonyl (C=O) groups excluding carboxylic acids is 1. The van der Waals surface area contributed by atoms with E-state index in [9.17, 15) is 14.4 Å². The standard InChI is InChI=1S/C24H18ClFN2O3/c1-30-23-13-16(9-10-22(23)31-15-17-5-4-6-19(26)12-17)11-18(14-27)24(29)28-21-8-3-2-7-20(21)25/h2-13H,15H2,1H3,(H,28,29)/b18-11+. The zero-order valence-corrected chi connectivity index (χ0v) is 17.3. The fraction of sp³-hybridized carbons (Fsp3) is 0.0833. The number of ether oxygens (including phenoxy) is 2. The minimum absolute atomic E-state index is 0.101. The van der Waals surface area contributed by atoms with Gasteiger partial charge in [0.1, 0.15) is 24.1 Å². The van der Waals surface area contributed by atoms with Crippen molar-refractivity contribution in [2.75, 3.05) is 12.4 Å². The Morgan fingerprint density at radius 2 is 1.94 bits per heavy atom. The van der Waals surface area contributed by atoms with Crippen LogP contribution in [0.25, 0.3) is 6.08 Å². The van der Waals surface area contributed by atoms with E-state index in [2.05, 4.69) is 5.32 Å². The molecule has 0 aliphatic carbocycles. The van der Waals surface area contributed by atoms with E-state index in [1.807, 2.05) is 6.07 Å². The normalized spacial score (nSPS) is 10.8. The molecule has 1 N–H and O–H groups in total. The third kappa shape index (κ3) is 5.84. The number of nitriles is 1. The summed E-state index contributed by atoms with van der Waals surface area (Å²) in [6, 6.07) is 19.7. The number of carbonyl (C=O) groups is 1. The van der Waals surface area contributed by atoms with Crippen molar-refractivity contribution >= 4 is 29.3 Å². The maximum absolute atomic E-state index is 13.3. The van der Waals surface area contributed by atoms with Crippen molar-refractivity contribution < 1.29 is 18.7 Å². The third-order valence-electron chi connectivity index (χ3n) is 4.27.